The van der Waals surface area contributed by atoms with Gasteiger partial charge in [0.2, 0.25) is 5.91 Å². The molecule has 2 aliphatic rings. The molecule has 0 aromatic carbocycles. The zero-order chi connectivity index (χ0) is 14.9. The van der Waals surface area contributed by atoms with Gasteiger partial charge in [0.1, 0.15) is 9.84 Å². The number of carbonyl (C=O) groups excluding carboxylic acids is 1. The molecule has 1 saturated carbocycles. The zero-order valence-electron chi connectivity index (χ0n) is 12.1. The lowest BCUT2D eigenvalue weighted by molar-refractivity contribution is -0.133. The number of sulfone groups is 1. The van der Waals surface area contributed by atoms with Gasteiger partial charge in [0.25, 0.3) is 0 Å². The third-order valence-electron chi connectivity index (χ3n) is 4.43. The lowest BCUT2D eigenvalue weighted by atomic mass is 9.83. The number of ether oxygens (including phenoxy) is 1. The first-order chi connectivity index (χ1) is 9.31. The van der Waals surface area contributed by atoms with E-state index in [9.17, 15) is 13.2 Å². The number of hydrogen-bond acceptors (Lipinski definition) is 5. The number of nitrogens with zero attached hydrogens (tertiary/aromatic N) is 1. The van der Waals surface area contributed by atoms with Crippen LogP contribution in [0.2, 0.25) is 0 Å². The van der Waals surface area contributed by atoms with Crippen molar-refractivity contribution in [3.63, 3.8) is 0 Å². The van der Waals surface area contributed by atoms with Gasteiger partial charge in [0.05, 0.1) is 17.9 Å². The van der Waals surface area contributed by atoms with Gasteiger partial charge in [-0.25, -0.2) is 8.42 Å². The number of hydrogen-bond donors (Lipinski definition) is 1. The van der Waals surface area contributed by atoms with Crippen molar-refractivity contribution in [2.45, 2.75) is 43.9 Å². The molecular formula is C13H24N2O4S. The first kappa shape index (κ1) is 15.7. The number of amides is 1. The topological polar surface area (TPSA) is 89.7 Å². The molecule has 0 bridgehead atoms. The number of methoxy groups -OCH3 is 1. The Bertz CT molecular complexity index is 465. The molecule has 0 radical (unpaired) electrons. The second-order valence-electron chi connectivity index (χ2n) is 6.02. The SMILES string of the molecule is CO[C@@H]1CC[C@H](N2CC[C@H](N)C2=O)[C@@H](CS(C)(=O)=O)C1. The highest BCUT2D eigenvalue weighted by Gasteiger charge is 2.41. The average molecular weight is 304 g/mol. The quantitative estimate of drug-likeness (QED) is 0.775. The van der Waals surface area contributed by atoms with Crippen LogP contribution >= 0.6 is 0 Å². The summed E-state index contributed by atoms with van der Waals surface area (Å²) < 4.78 is 28.6. The molecule has 0 aromatic rings. The maximum absolute atomic E-state index is 12.1. The number of nitrogens with two attached hydrogens (primary N) is 1. The van der Waals surface area contributed by atoms with Crippen LogP contribution in [0.5, 0.6) is 0 Å². The smallest absolute Gasteiger partial charge is 0.239 e. The van der Waals surface area contributed by atoms with E-state index < -0.39 is 15.9 Å². The molecular weight excluding hydrogens is 280 g/mol. The van der Waals surface area contributed by atoms with Crippen molar-refractivity contribution < 1.29 is 17.9 Å². The van der Waals surface area contributed by atoms with E-state index in [2.05, 4.69) is 0 Å². The maximum Gasteiger partial charge on any atom is 0.239 e. The highest BCUT2D eigenvalue weighted by atomic mass is 32.2. The molecule has 1 saturated heterocycles. The van der Waals surface area contributed by atoms with Crippen LogP contribution < -0.4 is 5.73 Å². The molecule has 1 aliphatic heterocycles. The summed E-state index contributed by atoms with van der Waals surface area (Å²) in [7, 11) is -1.42. The van der Waals surface area contributed by atoms with Crippen LogP contribution in [0, 0.1) is 5.92 Å². The van der Waals surface area contributed by atoms with Crippen molar-refractivity contribution in [2.75, 3.05) is 25.7 Å². The Hall–Kier alpha value is -0.660. The number of rotatable bonds is 4. The lowest BCUT2D eigenvalue weighted by Crippen LogP contribution is -2.49. The fourth-order valence-corrected chi connectivity index (χ4v) is 4.59. The Balaban J connectivity index is 2.14. The summed E-state index contributed by atoms with van der Waals surface area (Å²) in [5, 5.41) is 0. The Morgan fingerprint density at radius 1 is 1.35 bits per heavy atom. The van der Waals surface area contributed by atoms with E-state index in [0.717, 1.165) is 12.8 Å². The maximum atomic E-state index is 12.1. The summed E-state index contributed by atoms with van der Waals surface area (Å²) in [6.07, 6.45) is 4.33. The summed E-state index contributed by atoms with van der Waals surface area (Å²) >= 11 is 0. The van der Waals surface area contributed by atoms with Gasteiger partial charge in [-0.05, 0) is 31.6 Å². The fraction of sp³-hybridized carbons (Fsp3) is 0.923. The Morgan fingerprint density at radius 3 is 2.55 bits per heavy atom. The summed E-state index contributed by atoms with van der Waals surface area (Å²) in [6.45, 7) is 0.641. The fourth-order valence-electron chi connectivity index (χ4n) is 3.45. The summed E-state index contributed by atoms with van der Waals surface area (Å²) in [6, 6.07) is -0.439. The predicted molar refractivity (Wildman–Crippen MR) is 75.9 cm³/mol. The second kappa shape index (κ2) is 5.99. The van der Waals surface area contributed by atoms with E-state index in [1.54, 1.807) is 12.0 Å². The zero-order valence-corrected chi connectivity index (χ0v) is 12.9. The number of carbonyl (C=O) groups is 1. The van der Waals surface area contributed by atoms with Crippen molar-refractivity contribution in [3.8, 4) is 0 Å². The molecule has 2 rings (SSSR count). The molecule has 1 amide bonds. The summed E-state index contributed by atoms with van der Waals surface area (Å²) in [5.74, 6) is 0.0126. The third kappa shape index (κ3) is 3.51. The molecule has 116 valence electrons. The second-order valence-corrected chi connectivity index (χ2v) is 8.20. The van der Waals surface area contributed by atoms with Gasteiger partial charge < -0.3 is 15.4 Å². The van der Waals surface area contributed by atoms with Gasteiger partial charge in [-0.1, -0.05) is 0 Å². The van der Waals surface area contributed by atoms with Crippen LogP contribution in [-0.2, 0) is 19.4 Å². The highest BCUT2D eigenvalue weighted by Crippen LogP contribution is 2.33. The lowest BCUT2D eigenvalue weighted by Gasteiger charge is -2.40. The van der Waals surface area contributed by atoms with Gasteiger partial charge in [-0.15, -0.1) is 0 Å². The third-order valence-corrected chi connectivity index (χ3v) is 5.46. The van der Waals surface area contributed by atoms with E-state index in [-0.39, 0.29) is 29.7 Å². The Kier molecular flexibility index (Phi) is 4.71. The summed E-state index contributed by atoms with van der Waals surface area (Å²) in [4.78, 5) is 13.9. The average Bonchev–Trinajstić information content (AvgIpc) is 2.68. The van der Waals surface area contributed by atoms with Crippen LogP contribution in [0.4, 0.5) is 0 Å². The van der Waals surface area contributed by atoms with E-state index in [0.29, 0.717) is 19.4 Å². The molecule has 2 fully saturated rings. The largest absolute Gasteiger partial charge is 0.381 e. The van der Waals surface area contributed by atoms with Gasteiger partial charge in [-0.3, -0.25) is 4.79 Å². The molecule has 4 atom stereocenters. The van der Waals surface area contributed by atoms with Gasteiger partial charge in [0.15, 0.2) is 0 Å². The van der Waals surface area contributed by atoms with Crippen LogP contribution in [0.25, 0.3) is 0 Å². The molecule has 1 aliphatic carbocycles. The van der Waals surface area contributed by atoms with E-state index in [1.165, 1.54) is 6.26 Å². The Labute approximate surface area is 120 Å². The first-order valence-electron chi connectivity index (χ1n) is 7.08. The minimum atomic E-state index is -3.07. The molecule has 6 nitrogen and oxygen atoms in total. The highest BCUT2D eigenvalue weighted by molar-refractivity contribution is 7.90. The van der Waals surface area contributed by atoms with Crippen molar-refractivity contribution in [3.05, 3.63) is 0 Å². The molecule has 2 N–H and O–H groups in total. The Morgan fingerprint density at radius 2 is 2.05 bits per heavy atom. The van der Waals surface area contributed by atoms with E-state index >= 15 is 0 Å². The van der Waals surface area contributed by atoms with Crippen LogP contribution in [0.1, 0.15) is 25.7 Å². The molecule has 0 spiro atoms. The van der Waals surface area contributed by atoms with Crippen molar-refractivity contribution in [2.24, 2.45) is 11.7 Å². The van der Waals surface area contributed by atoms with E-state index in [1.807, 2.05) is 0 Å². The predicted octanol–water partition coefficient (Wildman–Crippen LogP) is -0.226. The van der Waals surface area contributed by atoms with Crippen LogP contribution in [-0.4, -0.2) is 63.1 Å². The molecule has 0 aromatic heterocycles. The molecule has 1 heterocycles. The van der Waals surface area contributed by atoms with E-state index in [4.69, 9.17) is 10.5 Å². The standard InChI is InChI=1S/C13H24N2O4S/c1-19-10-3-4-12(9(7-10)8-20(2,17)18)15-6-5-11(14)13(15)16/h9-12H,3-8,14H2,1-2H3/t9-,10-,11+,12+/m1/s1. The summed E-state index contributed by atoms with van der Waals surface area (Å²) in [5.41, 5.74) is 5.77. The van der Waals surface area contributed by atoms with Crippen molar-refractivity contribution in [1.82, 2.24) is 4.90 Å². The van der Waals surface area contributed by atoms with Crippen LogP contribution in [0.15, 0.2) is 0 Å². The van der Waals surface area contributed by atoms with Crippen molar-refractivity contribution in [1.29, 1.82) is 0 Å². The minimum absolute atomic E-state index is 0.0165. The normalized spacial score (nSPS) is 35.5. The molecule has 0 unspecified atom stereocenters. The first-order valence-corrected chi connectivity index (χ1v) is 9.14. The van der Waals surface area contributed by atoms with Gasteiger partial charge >= 0.3 is 0 Å². The van der Waals surface area contributed by atoms with Gasteiger partial charge in [-0.2, -0.15) is 0 Å². The van der Waals surface area contributed by atoms with Crippen molar-refractivity contribution >= 4 is 15.7 Å². The van der Waals surface area contributed by atoms with Crippen LogP contribution in [0.3, 0.4) is 0 Å². The number of likely N-dealkylation sites (tertiary alicyclic amines) is 1. The minimum Gasteiger partial charge on any atom is -0.381 e. The molecule has 7 heteroatoms. The monoisotopic (exact) mass is 304 g/mol. The van der Waals surface area contributed by atoms with Gasteiger partial charge in [0, 0.05) is 26.0 Å². The molecule has 20 heavy (non-hydrogen) atoms.